The van der Waals surface area contributed by atoms with E-state index in [1.807, 2.05) is 44.2 Å². The van der Waals surface area contributed by atoms with Crippen LogP contribution in [0.25, 0.3) is 0 Å². The minimum absolute atomic E-state index is 0.111. The molecule has 0 heterocycles. The van der Waals surface area contributed by atoms with E-state index in [9.17, 15) is 9.90 Å². The van der Waals surface area contributed by atoms with Gasteiger partial charge in [-0.3, -0.25) is 0 Å². The molecular weight excluding hydrogens is 264 g/mol. The number of aliphatic hydroxyl groups excluding tert-OH is 1. The lowest BCUT2D eigenvalue weighted by molar-refractivity contribution is -0.134. The van der Waals surface area contributed by atoms with Crippen LogP contribution in [0.4, 0.5) is 0 Å². The molecule has 0 aliphatic carbocycles. The number of carbonyl (C=O) groups is 1. The van der Waals surface area contributed by atoms with E-state index < -0.39 is 0 Å². The lowest BCUT2D eigenvalue weighted by Crippen LogP contribution is -2.03. The van der Waals surface area contributed by atoms with Crippen molar-refractivity contribution < 1.29 is 14.6 Å². The normalized spacial score (nSPS) is 15.0. The average Bonchev–Trinajstić information content (AvgIpc) is 2.51. The molecule has 2 atom stereocenters. The average molecular weight is 288 g/mol. The summed E-state index contributed by atoms with van der Waals surface area (Å²) in [5.41, 5.74) is 2.09. The number of allylic oxidation sites excluding steroid dienone is 3. The van der Waals surface area contributed by atoms with Gasteiger partial charge in [0.05, 0.1) is 13.7 Å². The predicted molar refractivity (Wildman–Crippen MR) is 85.0 cm³/mol. The molecule has 1 N–H and O–H groups in total. The van der Waals surface area contributed by atoms with Crippen LogP contribution >= 0.6 is 0 Å². The SMILES string of the molecule is COC(=O)/C=C(/C)[C@@H](C)/C=C/C[C@H](CO)c1ccccc1. The largest absolute Gasteiger partial charge is 0.466 e. The number of benzene rings is 1. The van der Waals surface area contributed by atoms with Crippen molar-refractivity contribution in [2.45, 2.75) is 26.2 Å². The molecule has 21 heavy (non-hydrogen) atoms. The van der Waals surface area contributed by atoms with E-state index in [2.05, 4.69) is 16.9 Å². The van der Waals surface area contributed by atoms with E-state index in [0.29, 0.717) is 0 Å². The standard InChI is InChI=1S/C18H24O3/c1-14(15(2)12-18(20)21-3)8-7-11-17(13-19)16-9-5-4-6-10-16/h4-10,12,14,17,19H,11,13H2,1-3H3/b8-7+,15-12-/t14-,17+/m0/s1. The fraction of sp³-hybridized carbons (Fsp3) is 0.389. The molecule has 1 aromatic rings. The number of carbonyl (C=O) groups excluding carboxylic acids is 1. The van der Waals surface area contributed by atoms with Crippen molar-refractivity contribution in [2.24, 2.45) is 5.92 Å². The summed E-state index contributed by atoms with van der Waals surface area (Å²) in [5, 5.41) is 9.50. The van der Waals surface area contributed by atoms with Crippen molar-refractivity contribution in [1.82, 2.24) is 0 Å². The molecule has 1 rings (SSSR count). The Hall–Kier alpha value is -1.87. The van der Waals surface area contributed by atoms with Crippen molar-refractivity contribution in [3.63, 3.8) is 0 Å². The van der Waals surface area contributed by atoms with Crippen LogP contribution in [0.15, 0.2) is 54.1 Å². The summed E-state index contributed by atoms with van der Waals surface area (Å²) in [4.78, 5) is 11.2. The summed E-state index contributed by atoms with van der Waals surface area (Å²) in [7, 11) is 1.37. The molecule has 0 aliphatic heterocycles. The minimum atomic E-state index is -0.328. The van der Waals surface area contributed by atoms with Crippen molar-refractivity contribution in [1.29, 1.82) is 0 Å². The second kappa shape index (κ2) is 9.14. The van der Waals surface area contributed by atoms with Crippen LogP contribution in [0.2, 0.25) is 0 Å². The highest BCUT2D eigenvalue weighted by atomic mass is 16.5. The molecule has 0 radical (unpaired) electrons. The van der Waals surface area contributed by atoms with Crippen LogP contribution < -0.4 is 0 Å². The van der Waals surface area contributed by atoms with Crippen LogP contribution in [0, 0.1) is 5.92 Å². The second-order valence-corrected chi connectivity index (χ2v) is 5.15. The molecule has 0 fully saturated rings. The van der Waals surface area contributed by atoms with Crippen LogP contribution in [-0.4, -0.2) is 24.8 Å². The summed E-state index contributed by atoms with van der Waals surface area (Å²) >= 11 is 0. The Morgan fingerprint density at radius 2 is 2.00 bits per heavy atom. The molecule has 0 spiro atoms. The summed E-state index contributed by atoms with van der Waals surface area (Å²) in [6.45, 7) is 4.06. The fourth-order valence-corrected chi connectivity index (χ4v) is 2.02. The maximum atomic E-state index is 11.2. The Kier molecular flexibility index (Phi) is 7.48. The summed E-state index contributed by atoms with van der Waals surface area (Å²) in [5.74, 6) is -0.0518. The van der Waals surface area contributed by atoms with E-state index in [1.54, 1.807) is 0 Å². The third-order valence-corrected chi connectivity index (χ3v) is 3.60. The van der Waals surface area contributed by atoms with Crippen LogP contribution in [0.1, 0.15) is 31.7 Å². The second-order valence-electron chi connectivity index (χ2n) is 5.15. The van der Waals surface area contributed by atoms with Gasteiger partial charge in [-0.1, -0.05) is 55.0 Å². The van der Waals surface area contributed by atoms with Crippen LogP contribution in [-0.2, 0) is 9.53 Å². The molecule has 1 aromatic carbocycles. The first-order valence-electron chi connectivity index (χ1n) is 7.17. The van der Waals surface area contributed by atoms with Crippen LogP contribution in [0.3, 0.4) is 0 Å². The number of rotatable bonds is 7. The molecule has 3 nitrogen and oxygen atoms in total. The van der Waals surface area contributed by atoms with Crippen molar-refractivity contribution in [3.8, 4) is 0 Å². The zero-order valence-electron chi connectivity index (χ0n) is 13.0. The predicted octanol–water partition coefficient (Wildman–Crippen LogP) is 3.46. The highest BCUT2D eigenvalue weighted by Gasteiger charge is 2.08. The maximum Gasteiger partial charge on any atom is 0.330 e. The molecule has 0 bridgehead atoms. The van der Waals surface area contributed by atoms with Gasteiger partial charge in [0, 0.05) is 12.0 Å². The van der Waals surface area contributed by atoms with E-state index in [0.717, 1.165) is 17.6 Å². The van der Waals surface area contributed by atoms with Gasteiger partial charge in [0.1, 0.15) is 0 Å². The Morgan fingerprint density at radius 1 is 1.33 bits per heavy atom. The molecule has 0 amide bonds. The molecular formula is C18H24O3. The van der Waals surface area contributed by atoms with Gasteiger partial charge in [-0.2, -0.15) is 0 Å². The highest BCUT2D eigenvalue weighted by Crippen LogP contribution is 2.20. The number of esters is 1. The Labute approximate surface area is 127 Å². The van der Waals surface area contributed by atoms with Crippen LogP contribution in [0.5, 0.6) is 0 Å². The third kappa shape index (κ3) is 5.96. The van der Waals surface area contributed by atoms with Gasteiger partial charge in [0.25, 0.3) is 0 Å². The molecule has 0 saturated carbocycles. The minimum Gasteiger partial charge on any atom is -0.466 e. The van der Waals surface area contributed by atoms with E-state index in [1.165, 1.54) is 13.2 Å². The van der Waals surface area contributed by atoms with Gasteiger partial charge in [-0.05, 0) is 24.8 Å². The van der Waals surface area contributed by atoms with Gasteiger partial charge < -0.3 is 9.84 Å². The van der Waals surface area contributed by atoms with Gasteiger partial charge in [0.15, 0.2) is 0 Å². The molecule has 3 heteroatoms. The number of aliphatic hydroxyl groups is 1. The topological polar surface area (TPSA) is 46.5 Å². The maximum absolute atomic E-state index is 11.2. The number of methoxy groups -OCH3 is 1. The summed E-state index contributed by atoms with van der Waals surface area (Å²) in [6, 6.07) is 9.99. The summed E-state index contributed by atoms with van der Waals surface area (Å²) in [6.07, 6.45) is 6.40. The first-order valence-corrected chi connectivity index (χ1v) is 7.17. The first kappa shape index (κ1) is 17.2. The first-order chi connectivity index (χ1) is 10.1. The van der Waals surface area contributed by atoms with Gasteiger partial charge >= 0.3 is 5.97 Å². The zero-order valence-corrected chi connectivity index (χ0v) is 13.0. The van der Waals surface area contributed by atoms with E-state index >= 15 is 0 Å². The highest BCUT2D eigenvalue weighted by molar-refractivity contribution is 5.82. The fourth-order valence-electron chi connectivity index (χ4n) is 2.02. The van der Waals surface area contributed by atoms with Gasteiger partial charge in [-0.15, -0.1) is 0 Å². The number of ether oxygens (including phenoxy) is 1. The van der Waals surface area contributed by atoms with E-state index in [-0.39, 0.29) is 24.4 Å². The summed E-state index contributed by atoms with van der Waals surface area (Å²) < 4.78 is 4.62. The van der Waals surface area contributed by atoms with E-state index in [4.69, 9.17) is 0 Å². The lowest BCUT2D eigenvalue weighted by atomic mass is 9.95. The number of hydrogen-bond donors (Lipinski definition) is 1. The Balaban J connectivity index is 2.60. The Morgan fingerprint density at radius 3 is 2.57 bits per heavy atom. The molecule has 0 saturated heterocycles. The van der Waals surface area contributed by atoms with Crippen molar-refractivity contribution >= 4 is 5.97 Å². The third-order valence-electron chi connectivity index (χ3n) is 3.60. The monoisotopic (exact) mass is 288 g/mol. The smallest absolute Gasteiger partial charge is 0.330 e. The van der Waals surface area contributed by atoms with Gasteiger partial charge in [0.2, 0.25) is 0 Å². The van der Waals surface area contributed by atoms with Crippen molar-refractivity contribution in [2.75, 3.05) is 13.7 Å². The quantitative estimate of drug-likeness (QED) is 0.475. The van der Waals surface area contributed by atoms with Gasteiger partial charge in [-0.25, -0.2) is 4.79 Å². The molecule has 0 unspecified atom stereocenters. The van der Waals surface area contributed by atoms with Crippen molar-refractivity contribution in [3.05, 3.63) is 59.7 Å². The number of hydrogen-bond acceptors (Lipinski definition) is 3. The lowest BCUT2D eigenvalue weighted by Gasteiger charge is -2.13. The molecule has 0 aromatic heterocycles. The molecule has 114 valence electrons. The molecule has 0 aliphatic rings. The zero-order chi connectivity index (χ0) is 15.7. The Bertz CT molecular complexity index is 488.